The molecule has 9 heteroatoms. The van der Waals surface area contributed by atoms with Crippen molar-refractivity contribution in [3.63, 3.8) is 0 Å². The molecule has 188 valence electrons. The minimum absolute atomic E-state index is 0.301. The molecule has 0 aliphatic carbocycles. The lowest BCUT2D eigenvalue weighted by Gasteiger charge is -2.27. The van der Waals surface area contributed by atoms with Gasteiger partial charge in [0, 0.05) is 17.8 Å². The molecule has 8 nitrogen and oxygen atoms in total. The Balaban J connectivity index is 1.62. The van der Waals surface area contributed by atoms with Crippen molar-refractivity contribution in [2.24, 2.45) is 0 Å². The SMILES string of the molecule is COC(=O)c1cccc(-c2ccc([C@@H]3[C@@H](c4ccccn4)NC(=S)N3c3cc(OC)ccc3OC)o2)c1. The summed E-state index contributed by atoms with van der Waals surface area (Å²) in [6, 6.07) is 21.5. The molecule has 0 unspecified atom stereocenters. The molecule has 2 atom stereocenters. The highest BCUT2D eigenvalue weighted by Crippen LogP contribution is 2.46. The van der Waals surface area contributed by atoms with Gasteiger partial charge >= 0.3 is 5.97 Å². The quantitative estimate of drug-likeness (QED) is 0.259. The maximum atomic E-state index is 12.0. The number of nitrogens with one attached hydrogen (secondary N) is 1. The molecule has 0 saturated carbocycles. The van der Waals surface area contributed by atoms with Gasteiger partial charge in [-0.3, -0.25) is 4.98 Å². The molecular formula is C28H25N3O5S. The summed E-state index contributed by atoms with van der Waals surface area (Å²) < 4.78 is 22.4. The third-order valence-corrected chi connectivity index (χ3v) is 6.54. The van der Waals surface area contributed by atoms with Crippen LogP contribution in [0.3, 0.4) is 0 Å². The van der Waals surface area contributed by atoms with Crippen LogP contribution >= 0.6 is 12.2 Å². The minimum atomic E-state index is -0.412. The second-order valence-electron chi connectivity index (χ2n) is 8.31. The number of benzene rings is 2. The molecule has 4 aromatic rings. The second kappa shape index (κ2) is 10.3. The molecule has 1 saturated heterocycles. The highest BCUT2D eigenvalue weighted by atomic mass is 32.1. The Morgan fingerprint density at radius 2 is 1.86 bits per heavy atom. The number of methoxy groups -OCH3 is 3. The van der Waals surface area contributed by atoms with Crippen molar-refractivity contribution in [2.75, 3.05) is 26.2 Å². The highest BCUT2D eigenvalue weighted by Gasteiger charge is 2.43. The molecule has 1 aliphatic heterocycles. The van der Waals surface area contributed by atoms with Gasteiger partial charge in [-0.25, -0.2) is 4.79 Å². The number of aromatic nitrogens is 1. The second-order valence-corrected chi connectivity index (χ2v) is 8.70. The van der Waals surface area contributed by atoms with Gasteiger partial charge in [0.05, 0.1) is 44.3 Å². The molecule has 0 amide bonds. The Kier molecular flexibility index (Phi) is 6.78. The normalized spacial score (nSPS) is 16.8. The fourth-order valence-electron chi connectivity index (χ4n) is 4.47. The van der Waals surface area contributed by atoms with Crippen molar-refractivity contribution >= 4 is 29.0 Å². The van der Waals surface area contributed by atoms with Crippen LogP contribution in [-0.2, 0) is 4.74 Å². The van der Waals surface area contributed by atoms with Crippen LogP contribution in [0, 0.1) is 0 Å². The van der Waals surface area contributed by atoms with Crippen LogP contribution < -0.4 is 19.7 Å². The first-order valence-electron chi connectivity index (χ1n) is 11.5. The van der Waals surface area contributed by atoms with E-state index < -0.39 is 5.97 Å². The van der Waals surface area contributed by atoms with Crippen LogP contribution in [0.2, 0.25) is 0 Å². The van der Waals surface area contributed by atoms with Gasteiger partial charge in [0.15, 0.2) is 5.11 Å². The molecule has 1 aliphatic rings. The summed E-state index contributed by atoms with van der Waals surface area (Å²) in [6.45, 7) is 0. The maximum Gasteiger partial charge on any atom is 0.337 e. The summed E-state index contributed by atoms with van der Waals surface area (Å²) in [4.78, 5) is 18.6. The van der Waals surface area contributed by atoms with E-state index in [-0.39, 0.29) is 12.1 Å². The van der Waals surface area contributed by atoms with E-state index in [1.54, 1.807) is 38.6 Å². The van der Waals surface area contributed by atoms with Crippen LogP contribution in [-0.4, -0.2) is 37.4 Å². The van der Waals surface area contributed by atoms with Crippen molar-refractivity contribution in [1.82, 2.24) is 10.3 Å². The number of carbonyl (C=O) groups excluding carboxylic acids is 1. The number of ether oxygens (including phenoxy) is 3. The van der Waals surface area contributed by atoms with Gasteiger partial charge in [-0.1, -0.05) is 18.2 Å². The summed E-state index contributed by atoms with van der Waals surface area (Å²) in [6.07, 6.45) is 1.75. The summed E-state index contributed by atoms with van der Waals surface area (Å²) in [7, 11) is 4.58. The topological polar surface area (TPSA) is 86.1 Å². The number of pyridine rings is 1. The molecule has 37 heavy (non-hydrogen) atoms. The number of carbonyl (C=O) groups is 1. The van der Waals surface area contributed by atoms with Crippen molar-refractivity contribution in [3.8, 4) is 22.8 Å². The largest absolute Gasteiger partial charge is 0.497 e. The molecule has 0 spiro atoms. The number of nitrogens with zero attached hydrogens (tertiary/aromatic N) is 2. The number of hydrogen-bond acceptors (Lipinski definition) is 7. The predicted molar refractivity (Wildman–Crippen MR) is 143 cm³/mol. The van der Waals surface area contributed by atoms with E-state index in [4.69, 9.17) is 30.8 Å². The Labute approximate surface area is 219 Å². The lowest BCUT2D eigenvalue weighted by molar-refractivity contribution is 0.0601. The average molecular weight is 516 g/mol. The Bertz CT molecular complexity index is 1440. The lowest BCUT2D eigenvalue weighted by Crippen LogP contribution is -2.29. The smallest absolute Gasteiger partial charge is 0.337 e. The first-order valence-corrected chi connectivity index (χ1v) is 12.0. The van der Waals surface area contributed by atoms with E-state index in [1.165, 1.54) is 7.11 Å². The van der Waals surface area contributed by atoms with E-state index in [2.05, 4.69) is 10.3 Å². The Morgan fingerprint density at radius 1 is 1.00 bits per heavy atom. The molecule has 1 fully saturated rings. The molecule has 5 rings (SSSR count). The van der Waals surface area contributed by atoms with E-state index in [0.717, 1.165) is 16.9 Å². The van der Waals surface area contributed by atoms with Crippen LogP contribution in [0.5, 0.6) is 11.5 Å². The molecule has 0 radical (unpaired) electrons. The first kappa shape index (κ1) is 24.3. The fraction of sp³-hybridized carbons (Fsp3) is 0.179. The molecule has 2 aromatic carbocycles. The monoisotopic (exact) mass is 515 g/mol. The van der Waals surface area contributed by atoms with Crippen molar-refractivity contribution in [2.45, 2.75) is 12.1 Å². The first-order chi connectivity index (χ1) is 18.0. The summed E-state index contributed by atoms with van der Waals surface area (Å²) in [5.41, 5.74) is 2.73. The van der Waals surface area contributed by atoms with Gasteiger partial charge in [0.25, 0.3) is 0 Å². The highest BCUT2D eigenvalue weighted by molar-refractivity contribution is 7.80. The number of furan rings is 1. The van der Waals surface area contributed by atoms with E-state index in [1.807, 2.05) is 59.5 Å². The van der Waals surface area contributed by atoms with Gasteiger partial charge in [-0.2, -0.15) is 0 Å². The zero-order chi connectivity index (χ0) is 25.9. The van der Waals surface area contributed by atoms with E-state index >= 15 is 0 Å². The van der Waals surface area contributed by atoms with Crippen molar-refractivity contribution in [1.29, 1.82) is 0 Å². The number of thiocarbonyl (C=S) groups is 1. The van der Waals surface area contributed by atoms with Gasteiger partial charge in [-0.15, -0.1) is 0 Å². The van der Waals surface area contributed by atoms with Gasteiger partial charge in [-0.05, 0) is 60.7 Å². The summed E-state index contributed by atoms with van der Waals surface area (Å²) in [5, 5.41) is 3.91. The van der Waals surface area contributed by atoms with Crippen LogP contribution in [0.15, 0.2) is 83.4 Å². The third kappa shape index (κ3) is 4.61. The number of hydrogen-bond donors (Lipinski definition) is 1. The molecule has 3 heterocycles. The fourth-order valence-corrected chi connectivity index (χ4v) is 4.81. The number of anilines is 1. The van der Waals surface area contributed by atoms with Gasteiger partial charge in [0.2, 0.25) is 0 Å². The third-order valence-electron chi connectivity index (χ3n) is 6.23. The summed E-state index contributed by atoms with van der Waals surface area (Å²) >= 11 is 5.82. The van der Waals surface area contributed by atoms with Crippen LogP contribution in [0.4, 0.5) is 5.69 Å². The van der Waals surface area contributed by atoms with E-state index in [0.29, 0.717) is 33.7 Å². The summed E-state index contributed by atoms with van der Waals surface area (Å²) in [5.74, 6) is 2.15. The van der Waals surface area contributed by atoms with Crippen molar-refractivity contribution in [3.05, 3.63) is 96.0 Å². The Hall–Kier alpha value is -4.37. The molecule has 0 bridgehead atoms. The lowest BCUT2D eigenvalue weighted by atomic mass is 10.0. The maximum absolute atomic E-state index is 12.0. The standard InChI is InChI=1S/C28H25N3O5S/c1-33-19-10-11-23(34-2)21(16-19)31-26(25(30-28(31)37)20-9-4-5-14-29-20)24-13-12-22(36-24)17-7-6-8-18(15-17)27(32)35-3/h4-16,25-26H,1-3H3,(H,30,37)/t25-,26-/m1/s1. The minimum Gasteiger partial charge on any atom is -0.497 e. The van der Waals surface area contributed by atoms with Crippen LogP contribution in [0.25, 0.3) is 11.3 Å². The number of rotatable bonds is 7. The van der Waals surface area contributed by atoms with Gasteiger partial charge < -0.3 is 28.8 Å². The zero-order valence-corrected chi connectivity index (χ0v) is 21.3. The van der Waals surface area contributed by atoms with E-state index in [9.17, 15) is 4.79 Å². The Morgan fingerprint density at radius 3 is 2.59 bits per heavy atom. The predicted octanol–water partition coefficient (Wildman–Crippen LogP) is 5.32. The average Bonchev–Trinajstić information content (AvgIpc) is 3.57. The molecule has 2 aromatic heterocycles. The van der Waals surface area contributed by atoms with Crippen LogP contribution in [0.1, 0.15) is 33.9 Å². The number of esters is 1. The zero-order valence-electron chi connectivity index (χ0n) is 20.5. The molecule has 1 N–H and O–H groups in total. The van der Waals surface area contributed by atoms with Crippen molar-refractivity contribution < 1.29 is 23.4 Å². The van der Waals surface area contributed by atoms with Gasteiger partial charge in [0.1, 0.15) is 29.1 Å². The molecular weight excluding hydrogens is 490 g/mol.